The highest BCUT2D eigenvalue weighted by atomic mass is 79.9. The first-order valence-electron chi connectivity index (χ1n) is 9.60. The van der Waals surface area contributed by atoms with Crippen molar-refractivity contribution in [2.45, 2.75) is 44.6 Å². The molecule has 1 fully saturated rings. The minimum absolute atomic E-state index is 0.148. The average molecular weight is 463 g/mol. The number of rotatable bonds is 6. The van der Waals surface area contributed by atoms with E-state index in [0.717, 1.165) is 19.3 Å². The molecule has 0 atom stereocenters. The summed E-state index contributed by atoms with van der Waals surface area (Å²) in [6.45, 7) is 2.01. The zero-order valence-corrected chi connectivity index (χ0v) is 17.7. The molecule has 0 aliphatic heterocycles. The molecule has 0 saturated heterocycles. The summed E-state index contributed by atoms with van der Waals surface area (Å²) in [5.41, 5.74) is -0.202. The van der Waals surface area contributed by atoms with Crippen LogP contribution in [0.5, 0.6) is 0 Å². The molecule has 0 spiro atoms. The van der Waals surface area contributed by atoms with Gasteiger partial charge in [0.1, 0.15) is 5.54 Å². The van der Waals surface area contributed by atoms with Crippen LogP contribution in [0, 0.1) is 0 Å². The van der Waals surface area contributed by atoms with E-state index in [9.17, 15) is 14.4 Å². The van der Waals surface area contributed by atoms with Gasteiger partial charge in [-0.3, -0.25) is 9.59 Å². The van der Waals surface area contributed by atoms with Crippen LogP contribution in [0.25, 0.3) is 0 Å². The van der Waals surface area contributed by atoms with Crippen LogP contribution in [0.3, 0.4) is 0 Å². The summed E-state index contributed by atoms with van der Waals surface area (Å²) in [5.74, 6) is -1.04. The lowest BCUT2D eigenvalue weighted by Crippen LogP contribution is -2.56. The van der Waals surface area contributed by atoms with E-state index in [1.807, 2.05) is 0 Å². The number of nitrogens with one attached hydrogen (secondary N) is 2. The van der Waals surface area contributed by atoms with E-state index in [4.69, 9.17) is 9.15 Å². The van der Waals surface area contributed by atoms with E-state index < -0.39 is 11.4 Å². The number of furan rings is 1. The zero-order valence-electron chi connectivity index (χ0n) is 16.1. The highest BCUT2D eigenvalue weighted by Crippen LogP contribution is 2.30. The molecule has 7 nitrogen and oxygen atoms in total. The fourth-order valence-corrected chi connectivity index (χ4v) is 3.77. The number of amides is 2. The first-order valence-corrected chi connectivity index (χ1v) is 10.4. The van der Waals surface area contributed by atoms with Crippen LogP contribution in [-0.2, 0) is 9.53 Å². The van der Waals surface area contributed by atoms with Crippen molar-refractivity contribution in [1.82, 2.24) is 5.32 Å². The lowest BCUT2D eigenvalue weighted by Gasteiger charge is -2.35. The van der Waals surface area contributed by atoms with Gasteiger partial charge in [0.2, 0.25) is 0 Å². The second kappa shape index (κ2) is 9.26. The third kappa shape index (κ3) is 5.06. The quantitative estimate of drug-likeness (QED) is 0.623. The predicted molar refractivity (Wildman–Crippen MR) is 111 cm³/mol. The molecule has 1 aromatic carbocycles. The lowest BCUT2D eigenvalue weighted by molar-refractivity contribution is -0.152. The molecule has 1 heterocycles. The Morgan fingerprint density at radius 3 is 2.52 bits per heavy atom. The van der Waals surface area contributed by atoms with Gasteiger partial charge in [-0.1, -0.05) is 25.3 Å². The number of esters is 1. The Kier molecular flexibility index (Phi) is 6.74. The van der Waals surface area contributed by atoms with Gasteiger partial charge in [0.05, 0.1) is 6.61 Å². The third-order valence-electron chi connectivity index (χ3n) is 4.91. The van der Waals surface area contributed by atoms with Crippen LogP contribution in [0.4, 0.5) is 5.69 Å². The largest absolute Gasteiger partial charge is 0.464 e. The van der Waals surface area contributed by atoms with E-state index in [1.54, 1.807) is 43.3 Å². The van der Waals surface area contributed by atoms with Crippen LogP contribution in [0.15, 0.2) is 45.5 Å². The first-order chi connectivity index (χ1) is 13.9. The molecule has 2 amide bonds. The van der Waals surface area contributed by atoms with E-state index in [0.29, 0.717) is 28.8 Å². The second-order valence-corrected chi connectivity index (χ2v) is 7.74. The minimum Gasteiger partial charge on any atom is -0.464 e. The molecule has 8 heteroatoms. The summed E-state index contributed by atoms with van der Waals surface area (Å²) in [5, 5.41) is 5.60. The molecule has 3 rings (SSSR count). The molecule has 29 heavy (non-hydrogen) atoms. The van der Waals surface area contributed by atoms with Gasteiger partial charge in [0.25, 0.3) is 11.8 Å². The van der Waals surface area contributed by atoms with Crippen molar-refractivity contribution in [2.75, 3.05) is 11.9 Å². The second-order valence-electron chi connectivity index (χ2n) is 6.96. The Morgan fingerprint density at radius 1 is 1.10 bits per heavy atom. The maximum Gasteiger partial charge on any atom is 0.331 e. The van der Waals surface area contributed by atoms with Gasteiger partial charge in [-0.15, -0.1) is 0 Å². The SMILES string of the molecule is CCOC(=O)C1(NC(=O)c2cccc(NC(=O)c3ccc(Br)o3)c2)CCCCC1. The van der Waals surface area contributed by atoms with Crippen LogP contribution >= 0.6 is 15.9 Å². The maximum absolute atomic E-state index is 12.9. The molecule has 1 aliphatic rings. The zero-order chi connectivity index (χ0) is 20.9. The number of hydrogen-bond donors (Lipinski definition) is 2. The molecule has 2 aromatic rings. The number of anilines is 1. The number of halogens is 1. The Balaban J connectivity index is 1.74. The topological polar surface area (TPSA) is 97.6 Å². The monoisotopic (exact) mass is 462 g/mol. The van der Waals surface area contributed by atoms with Gasteiger partial charge in [-0.05, 0) is 66.0 Å². The number of ether oxygens (including phenoxy) is 1. The average Bonchev–Trinajstić information content (AvgIpc) is 3.15. The van der Waals surface area contributed by atoms with Crippen LogP contribution in [-0.4, -0.2) is 29.9 Å². The Bertz CT molecular complexity index is 902. The van der Waals surface area contributed by atoms with Crippen molar-refractivity contribution in [3.8, 4) is 0 Å². The highest BCUT2D eigenvalue weighted by Gasteiger charge is 2.42. The molecule has 2 N–H and O–H groups in total. The van der Waals surface area contributed by atoms with E-state index >= 15 is 0 Å². The Hall–Kier alpha value is -2.61. The maximum atomic E-state index is 12.9. The van der Waals surface area contributed by atoms with E-state index in [-0.39, 0.29) is 24.2 Å². The summed E-state index contributed by atoms with van der Waals surface area (Å²) < 4.78 is 10.9. The number of hydrogen-bond acceptors (Lipinski definition) is 5. The van der Waals surface area contributed by atoms with Crippen molar-refractivity contribution in [2.24, 2.45) is 0 Å². The Morgan fingerprint density at radius 2 is 1.86 bits per heavy atom. The van der Waals surface area contributed by atoms with Crippen molar-refractivity contribution in [1.29, 1.82) is 0 Å². The molecule has 1 aliphatic carbocycles. The number of benzene rings is 1. The standard InChI is InChI=1S/C21H23BrN2O5/c1-2-28-20(27)21(11-4-3-5-12-21)24-18(25)14-7-6-8-15(13-14)23-19(26)16-9-10-17(22)29-16/h6-10,13H,2-5,11-12H2,1H3,(H,23,26)(H,24,25). The van der Waals surface area contributed by atoms with Crippen molar-refractivity contribution in [3.05, 3.63) is 52.4 Å². The number of carbonyl (C=O) groups excluding carboxylic acids is 3. The summed E-state index contributed by atoms with van der Waals surface area (Å²) in [4.78, 5) is 37.7. The molecular weight excluding hydrogens is 440 g/mol. The molecular formula is C21H23BrN2O5. The van der Waals surface area contributed by atoms with Gasteiger partial charge in [-0.2, -0.15) is 0 Å². The van der Waals surface area contributed by atoms with Crippen LogP contribution < -0.4 is 10.6 Å². The van der Waals surface area contributed by atoms with Gasteiger partial charge in [0.15, 0.2) is 10.4 Å². The molecule has 154 valence electrons. The summed E-state index contributed by atoms with van der Waals surface area (Å²) in [7, 11) is 0. The fourth-order valence-electron chi connectivity index (χ4n) is 3.46. The summed E-state index contributed by atoms with van der Waals surface area (Å²) in [6.07, 6.45) is 3.85. The van der Waals surface area contributed by atoms with Crippen LogP contribution in [0.1, 0.15) is 59.9 Å². The predicted octanol–water partition coefficient (Wildman–Crippen LogP) is 4.29. The molecule has 1 saturated carbocycles. The third-order valence-corrected chi connectivity index (χ3v) is 5.33. The smallest absolute Gasteiger partial charge is 0.331 e. The fraction of sp³-hybridized carbons (Fsp3) is 0.381. The first kappa shape index (κ1) is 21.1. The number of carbonyl (C=O) groups is 3. The Labute approximate surface area is 177 Å². The molecule has 0 radical (unpaired) electrons. The molecule has 0 unspecified atom stereocenters. The van der Waals surface area contributed by atoms with Crippen LogP contribution in [0.2, 0.25) is 0 Å². The van der Waals surface area contributed by atoms with Gasteiger partial charge >= 0.3 is 5.97 Å². The normalized spacial score (nSPS) is 15.4. The van der Waals surface area contributed by atoms with Crippen molar-refractivity contribution < 1.29 is 23.5 Å². The van der Waals surface area contributed by atoms with E-state index in [2.05, 4.69) is 26.6 Å². The highest BCUT2D eigenvalue weighted by molar-refractivity contribution is 9.10. The van der Waals surface area contributed by atoms with Crippen molar-refractivity contribution >= 4 is 39.4 Å². The van der Waals surface area contributed by atoms with Gasteiger partial charge in [0, 0.05) is 11.3 Å². The lowest BCUT2D eigenvalue weighted by atomic mass is 9.81. The minimum atomic E-state index is -0.995. The van der Waals surface area contributed by atoms with Crippen molar-refractivity contribution in [3.63, 3.8) is 0 Å². The molecule has 0 bridgehead atoms. The van der Waals surface area contributed by atoms with E-state index in [1.165, 1.54) is 0 Å². The molecule has 1 aromatic heterocycles. The van der Waals surface area contributed by atoms with Gasteiger partial charge < -0.3 is 19.8 Å². The summed E-state index contributed by atoms with van der Waals surface area (Å²) in [6, 6.07) is 9.71. The summed E-state index contributed by atoms with van der Waals surface area (Å²) >= 11 is 3.15. The van der Waals surface area contributed by atoms with Gasteiger partial charge in [-0.25, -0.2) is 4.79 Å².